The quantitative estimate of drug-likeness (QED) is 0.725. The Morgan fingerprint density at radius 2 is 1.87 bits per heavy atom. The van der Waals surface area contributed by atoms with Crippen LogP contribution in [0, 0.1) is 0 Å². The van der Waals surface area contributed by atoms with Crippen LogP contribution in [-0.4, -0.2) is 35.4 Å². The lowest BCUT2D eigenvalue weighted by atomic mass is 10.1. The van der Waals surface area contributed by atoms with Crippen LogP contribution in [0.4, 0.5) is 0 Å². The lowest BCUT2D eigenvalue weighted by Crippen LogP contribution is -2.29. The second kappa shape index (κ2) is 6.12. The molecule has 0 N–H and O–H groups in total. The van der Waals surface area contributed by atoms with Gasteiger partial charge in [0, 0.05) is 5.25 Å². The lowest BCUT2D eigenvalue weighted by molar-refractivity contribution is -0.0145. The molecule has 0 aliphatic carbocycles. The third-order valence-electron chi connectivity index (χ3n) is 2.43. The normalized spacial score (nSPS) is 31.8. The highest BCUT2D eigenvalue weighted by Gasteiger charge is 2.34. The molecule has 0 amide bonds. The van der Waals surface area contributed by atoms with Gasteiger partial charge in [0.1, 0.15) is 0 Å². The van der Waals surface area contributed by atoms with Crippen LogP contribution in [0.2, 0.25) is 0 Å². The van der Waals surface area contributed by atoms with Crippen molar-refractivity contribution in [3.63, 3.8) is 0 Å². The van der Waals surface area contributed by atoms with Crippen LogP contribution < -0.4 is 0 Å². The summed E-state index contributed by atoms with van der Waals surface area (Å²) in [6.45, 7) is 11.5. The fourth-order valence-electron chi connectivity index (χ4n) is 1.85. The van der Waals surface area contributed by atoms with Crippen molar-refractivity contribution in [2.24, 2.45) is 0 Å². The summed E-state index contributed by atoms with van der Waals surface area (Å²) >= 11 is 2.01. The van der Waals surface area contributed by atoms with E-state index >= 15 is 0 Å². The van der Waals surface area contributed by atoms with E-state index in [1.165, 1.54) is 0 Å². The third-order valence-corrected chi connectivity index (χ3v) is 3.87. The standard InChI is InChI=1S/C12H24O2S/c1-8(2)13-7-12-11(14-9(3)4)6-10(5)15-12/h8-12H,6-7H2,1-5H3/t10-,11?,12+/m0/s1. The Labute approximate surface area is 98.1 Å². The van der Waals surface area contributed by atoms with Crippen LogP contribution in [0.25, 0.3) is 0 Å². The van der Waals surface area contributed by atoms with E-state index in [1.807, 2.05) is 11.8 Å². The molecule has 1 saturated heterocycles. The van der Waals surface area contributed by atoms with Gasteiger partial charge in [0.2, 0.25) is 0 Å². The van der Waals surface area contributed by atoms with Crippen molar-refractivity contribution in [1.82, 2.24) is 0 Å². The smallest absolute Gasteiger partial charge is 0.0730 e. The van der Waals surface area contributed by atoms with E-state index < -0.39 is 0 Å². The Morgan fingerprint density at radius 3 is 2.40 bits per heavy atom. The maximum absolute atomic E-state index is 5.93. The first kappa shape index (κ1) is 13.3. The molecule has 3 heteroatoms. The van der Waals surface area contributed by atoms with Crippen molar-refractivity contribution in [2.75, 3.05) is 6.61 Å². The van der Waals surface area contributed by atoms with Gasteiger partial charge in [-0.05, 0) is 34.1 Å². The molecule has 0 saturated carbocycles. The SMILES string of the molecule is CC(C)OC[C@H]1S[C@@H](C)CC1OC(C)C. The van der Waals surface area contributed by atoms with Crippen LogP contribution in [0.3, 0.4) is 0 Å². The molecule has 0 spiro atoms. The minimum absolute atomic E-state index is 0.321. The first-order chi connectivity index (χ1) is 6.99. The minimum atomic E-state index is 0.321. The first-order valence-electron chi connectivity index (χ1n) is 5.91. The van der Waals surface area contributed by atoms with Crippen molar-refractivity contribution in [3.05, 3.63) is 0 Å². The van der Waals surface area contributed by atoms with Gasteiger partial charge in [-0.15, -0.1) is 0 Å². The topological polar surface area (TPSA) is 18.5 Å². The van der Waals surface area contributed by atoms with E-state index in [9.17, 15) is 0 Å². The van der Waals surface area contributed by atoms with Gasteiger partial charge in [0.25, 0.3) is 0 Å². The highest BCUT2D eigenvalue weighted by Crippen LogP contribution is 2.36. The molecule has 1 heterocycles. The van der Waals surface area contributed by atoms with E-state index in [-0.39, 0.29) is 0 Å². The highest BCUT2D eigenvalue weighted by molar-refractivity contribution is 8.00. The summed E-state index contributed by atoms with van der Waals surface area (Å²) in [4.78, 5) is 0. The van der Waals surface area contributed by atoms with Gasteiger partial charge in [-0.2, -0.15) is 11.8 Å². The molecular formula is C12H24O2S. The maximum Gasteiger partial charge on any atom is 0.0730 e. The van der Waals surface area contributed by atoms with Gasteiger partial charge in [-0.3, -0.25) is 0 Å². The molecule has 0 radical (unpaired) electrons. The fraction of sp³-hybridized carbons (Fsp3) is 1.00. The van der Waals surface area contributed by atoms with Gasteiger partial charge in [0.15, 0.2) is 0 Å². The molecule has 1 fully saturated rings. The molecule has 0 aromatic carbocycles. The predicted octanol–water partition coefficient (Wildman–Crippen LogP) is 3.10. The average molecular weight is 232 g/mol. The molecular weight excluding hydrogens is 208 g/mol. The molecule has 90 valence electrons. The van der Waals surface area contributed by atoms with Gasteiger partial charge in [-0.1, -0.05) is 6.92 Å². The monoisotopic (exact) mass is 232 g/mol. The number of hydrogen-bond acceptors (Lipinski definition) is 3. The Hall–Kier alpha value is 0.270. The third kappa shape index (κ3) is 4.75. The number of thioether (sulfide) groups is 1. The number of ether oxygens (including phenoxy) is 2. The molecule has 15 heavy (non-hydrogen) atoms. The minimum Gasteiger partial charge on any atom is -0.378 e. The van der Waals surface area contributed by atoms with Crippen LogP contribution >= 0.6 is 11.8 Å². The van der Waals surface area contributed by atoms with Crippen LogP contribution in [0.15, 0.2) is 0 Å². The Morgan fingerprint density at radius 1 is 1.20 bits per heavy atom. The zero-order chi connectivity index (χ0) is 11.4. The van der Waals surface area contributed by atoms with E-state index in [0.717, 1.165) is 13.0 Å². The number of hydrogen-bond donors (Lipinski definition) is 0. The van der Waals surface area contributed by atoms with Crippen molar-refractivity contribution in [2.45, 2.75) is 69.9 Å². The Balaban J connectivity index is 2.38. The number of rotatable bonds is 5. The molecule has 1 aliphatic rings. The van der Waals surface area contributed by atoms with Crippen LogP contribution in [-0.2, 0) is 9.47 Å². The second-order valence-corrected chi connectivity index (χ2v) is 6.51. The van der Waals surface area contributed by atoms with Crippen molar-refractivity contribution < 1.29 is 9.47 Å². The molecule has 2 nitrogen and oxygen atoms in total. The fourth-order valence-corrected chi connectivity index (χ4v) is 3.25. The van der Waals surface area contributed by atoms with E-state index in [1.54, 1.807) is 0 Å². The molecule has 0 bridgehead atoms. The second-order valence-electron chi connectivity index (χ2n) is 4.83. The largest absolute Gasteiger partial charge is 0.378 e. The Kier molecular flexibility index (Phi) is 5.44. The van der Waals surface area contributed by atoms with Crippen molar-refractivity contribution in [1.29, 1.82) is 0 Å². The Bertz CT molecular complexity index is 182. The molecule has 0 aromatic rings. The summed E-state index contributed by atoms with van der Waals surface area (Å²) in [5, 5.41) is 1.22. The first-order valence-corrected chi connectivity index (χ1v) is 6.85. The van der Waals surface area contributed by atoms with Crippen LogP contribution in [0.1, 0.15) is 41.0 Å². The summed E-state index contributed by atoms with van der Waals surface area (Å²) in [6, 6.07) is 0. The van der Waals surface area contributed by atoms with Gasteiger partial charge < -0.3 is 9.47 Å². The summed E-state index contributed by atoms with van der Waals surface area (Å²) < 4.78 is 11.6. The molecule has 0 aromatic heterocycles. The zero-order valence-corrected chi connectivity index (χ0v) is 11.3. The molecule has 3 atom stereocenters. The summed E-state index contributed by atoms with van der Waals surface area (Å²) in [5.74, 6) is 0. The zero-order valence-electron chi connectivity index (χ0n) is 10.5. The van der Waals surface area contributed by atoms with Gasteiger partial charge in [-0.25, -0.2) is 0 Å². The summed E-state index contributed by atoms with van der Waals surface area (Å²) in [7, 11) is 0. The van der Waals surface area contributed by atoms with Crippen molar-refractivity contribution >= 4 is 11.8 Å². The maximum atomic E-state index is 5.93. The highest BCUT2D eigenvalue weighted by atomic mass is 32.2. The van der Waals surface area contributed by atoms with E-state index in [4.69, 9.17) is 9.47 Å². The predicted molar refractivity (Wildman–Crippen MR) is 66.6 cm³/mol. The molecule has 1 unspecified atom stereocenters. The summed E-state index contributed by atoms with van der Waals surface area (Å²) in [5.41, 5.74) is 0. The lowest BCUT2D eigenvalue weighted by Gasteiger charge is -2.22. The summed E-state index contributed by atoms with van der Waals surface area (Å²) in [6.07, 6.45) is 2.18. The van der Waals surface area contributed by atoms with Crippen molar-refractivity contribution in [3.8, 4) is 0 Å². The van der Waals surface area contributed by atoms with Gasteiger partial charge >= 0.3 is 0 Å². The molecule has 1 aliphatic heterocycles. The van der Waals surface area contributed by atoms with E-state index in [0.29, 0.717) is 28.8 Å². The van der Waals surface area contributed by atoms with E-state index in [2.05, 4.69) is 34.6 Å². The van der Waals surface area contributed by atoms with Crippen LogP contribution in [0.5, 0.6) is 0 Å². The average Bonchev–Trinajstić information content (AvgIpc) is 2.41. The molecule has 1 rings (SSSR count). The van der Waals surface area contributed by atoms with Gasteiger partial charge in [0.05, 0.1) is 30.2 Å².